The Balaban J connectivity index is 1.88. The number of alkyl halides is 3. The molecule has 0 saturated heterocycles. The van der Waals surface area contributed by atoms with Gasteiger partial charge in [0.1, 0.15) is 5.75 Å². The van der Waals surface area contributed by atoms with Crippen molar-refractivity contribution in [2.24, 2.45) is 0 Å². The van der Waals surface area contributed by atoms with Gasteiger partial charge in [-0.3, -0.25) is 0 Å². The first-order valence-electron chi connectivity index (χ1n) is 6.53. The molecule has 0 heterocycles. The van der Waals surface area contributed by atoms with Crippen LogP contribution in [-0.4, -0.2) is 18.9 Å². The van der Waals surface area contributed by atoms with E-state index in [-0.39, 0.29) is 11.7 Å². The second-order valence-corrected chi connectivity index (χ2v) is 5.04. The fraction of sp³-hybridized carbons (Fsp3) is 0.571. The van der Waals surface area contributed by atoms with Crippen LogP contribution in [0.1, 0.15) is 37.7 Å². The molecule has 5 heteroatoms. The maximum Gasteiger partial charge on any atom is 0.573 e. The first kappa shape index (κ1) is 14.2. The number of rotatable bonds is 6. The number of nitrogens with one attached hydrogen (secondary N) is 1. The van der Waals surface area contributed by atoms with E-state index >= 15 is 0 Å². The highest BCUT2D eigenvalue weighted by atomic mass is 19.4. The van der Waals surface area contributed by atoms with Crippen LogP contribution in [0.4, 0.5) is 13.2 Å². The fourth-order valence-corrected chi connectivity index (χ4v) is 1.98. The van der Waals surface area contributed by atoms with E-state index in [1.165, 1.54) is 25.0 Å². The van der Waals surface area contributed by atoms with Gasteiger partial charge in [0, 0.05) is 6.04 Å². The Labute approximate surface area is 111 Å². The van der Waals surface area contributed by atoms with E-state index in [0.717, 1.165) is 18.5 Å². The quantitative estimate of drug-likeness (QED) is 0.850. The zero-order valence-electron chi connectivity index (χ0n) is 10.8. The van der Waals surface area contributed by atoms with Crippen molar-refractivity contribution in [3.63, 3.8) is 0 Å². The smallest absolute Gasteiger partial charge is 0.406 e. The summed E-state index contributed by atoms with van der Waals surface area (Å²) in [5.41, 5.74) is 0.874. The van der Waals surface area contributed by atoms with Crippen molar-refractivity contribution in [3.05, 3.63) is 29.8 Å². The maximum atomic E-state index is 12.1. The summed E-state index contributed by atoms with van der Waals surface area (Å²) in [5.74, 6) is 0.0648. The van der Waals surface area contributed by atoms with E-state index in [1.54, 1.807) is 6.07 Å². The van der Waals surface area contributed by atoms with Gasteiger partial charge in [0.15, 0.2) is 0 Å². The molecule has 1 atom stereocenters. The summed E-state index contributed by atoms with van der Waals surface area (Å²) in [6, 6.07) is 6.89. The van der Waals surface area contributed by atoms with E-state index in [9.17, 15) is 13.2 Å². The van der Waals surface area contributed by atoms with Crippen LogP contribution in [0.5, 0.6) is 5.75 Å². The highest BCUT2D eigenvalue weighted by molar-refractivity contribution is 5.30. The van der Waals surface area contributed by atoms with Gasteiger partial charge < -0.3 is 10.1 Å². The van der Waals surface area contributed by atoms with E-state index in [2.05, 4.69) is 10.1 Å². The lowest BCUT2D eigenvalue weighted by Gasteiger charge is -2.14. The number of hydrogen-bond acceptors (Lipinski definition) is 2. The Morgan fingerprint density at radius 1 is 1.37 bits per heavy atom. The van der Waals surface area contributed by atoms with Crippen molar-refractivity contribution in [1.29, 1.82) is 0 Å². The number of halogens is 3. The second kappa shape index (κ2) is 5.82. The molecule has 19 heavy (non-hydrogen) atoms. The topological polar surface area (TPSA) is 21.3 Å². The molecule has 0 radical (unpaired) electrons. The average Bonchev–Trinajstić information content (AvgIpc) is 3.11. The minimum atomic E-state index is -4.63. The van der Waals surface area contributed by atoms with Crippen molar-refractivity contribution in [3.8, 4) is 5.75 Å². The lowest BCUT2D eigenvalue weighted by atomic mass is 9.97. The molecule has 0 aromatic heterocycles. The molecule has 106 valence electrons. The fourth-order valence-electron chi connectivity index (χ4n) is 1.98. The normalized spacial score (nSPS) is 17.3. The molecule has 1 aliphatic rings. The predicted molar refractivity (Wildman–Crippen MR) is 67.2 cm³/mol. The van der Waals surface area contributed by atoms with E-state index in [0.29, 0.717) is 6.04 Å². The molecule has 1 unspecified atom stereocenters. The van der Waals surface area contributed by atoms with Gasteiger partial charge in [0.2, 0.25) is 0 Å². The average molecular weight is 273 g/mol. The van der Waals surface area contributed by atoms with Crippen molar-refractivity contribution < 1.29 is 17.9 Å². The van der Waals surface area contributed by atoms with Gasteiger partial charge in [-0.05, 0) is 49.4 Å². The van der Waals surface area contributed by atoms with Crippen LogP contribution in [-0.2, 0) is 0 Å². The molecule has 1 N–H and O–H groups in total. The maximum absolute atomic E-state index is 12.1. The minimum absolute atomic E-state index is 0.146. The zero-order chi connectivity index (χ0) is 13.9. The predicted octanol–water partition coefficient (Wildman–Crippen LogP) is 3.83. The van der Waals surface area contributed by atoms with Gasteiger partial charge >= 0.3 is 6.36 Å². The zero-order valence-corrected chi connectivity index (χ0v) is 10.8. The van der Waals surface area contributed by atoms with Gasteiger partial charge in [-0.25, -0.2) is 0 Å². The molecule has 0 spiro atoms. The summed E-state index contributed by atoms with van der Waals surface area (Å²) in [7, 11) is 0. The summed E-state index contributed by atoms with van der Waals surface area (Å²) >= 11 is 0. The molecule has 2 nitrogen and oxygen atoms in total. The second-order valence-electron chi connectivity index (χ2n) is 5.04. The summed E-state index contributed by atoms with van der Waals surface area (Å²) in [6.07, 6.45) is -1.24. The third-order valence-electron chi connectivity index (χ3n) is 3.25. The van der Waals surface area contributed by atoms with Gasteiger partial charge in [-0.2, -0.15) is 0 Å². The van der Waals surface area contributed by atoms with Gasteiger partial charge in [0.05, 0.1) is 0 Å². The van der Waals surface area contributed by atoms with Crippen molar-refractivity contribution in [1.82, 2.24) is 5.32 Å². The van der Waals surface area contributed by atoms with Crippen LogP contribution < -0.4 is 10.1 Å². The summed E-state index contributed by atoms with van der Waals surface area (Å²) < 4.78 is 40.4. The number of hydrogen-bond donors (Lipinski definition) is 1. The lowest BCUT2D eigenvalue weighted by molar-refractivity contribution is -0.274. The highest BCUT2D eigenvalue weighted by Crippen LogP contribution is 2.27. The Kier molecular flexibility index (Phi) is 4.34. The van der Waals surface area contributed by atoms with Crippen LogP contribution in [0.25, 0.3) is 0 Å². The first-order chi connectivity index (χ1) is 8.94. The summed E-state index contributed by atoms with van der Waals surface area (Å²) in [6.45, 7) is 2.91. The van der Waals surface area contributed by atoms with Crippen molar-refractivity contribution in [2.45, 2.75) is 44.5 Å². The van der Waals surface area contributed by atoms with Crippen LogP contribution in [0.3, 0.4) is 0 Å². The first-order valence-corrected chi connectivity index (χ1v) is 6.53. The molecule has 0 amide bonds. The van der Waals surface area contributed by atoms with Crippen LogP contribution in [0, 0.1) is 0 Å². The van der Waals surface area contributed by atoms with E-state index < -0.39 is 6.36 Å². The minimum Gasteiger partial charge on any atom is -0.406 e. The van der Waals surface area contributed by atoms with Crippen LogP contribution in [0.2, 0.25) is 0 Å². The largest absolute Gasteiger partial charge is 0.573 e. The van der Waals surface area contributed by atoms with Gasteiger partial charge in [-0.1, -0.05) is 19.1 Å². The number of benzene rings is 1. The molecule has 1 aliphatic carbocycles. The number of ether oxygens (including phenoxy) is 1. The SMILES string of the molecule is CC(CCNC1CC1)c1cccc(OC(F)(F)F)c1. The Morgan fingerprint density at radius 3 is 2.74 bits per heavy atom. The third kappa shape index (κ3) is 5.11. The lowest BCUT2D eigenvalue weighted by Crippen LogP contribution is -2.19. The molecular weight excluding hydrogens is 255 g/mol. The monoisotopic (exact) mass is 273 g/mol. The van der Waals surface area contributed by atoms with Crippen molar-refractivity contribution >= 4 is 0 Å². The summed E-state index contributed by atoms with van der Waals surface area (Å²) in [5, 5.41) is 3.40. The molecule has 1 aromatic rings. The van der Waals surface area contributed by atoms with Crippen LogP contribution in [0.15, 0.2) is 24.3 Å². The Morgan fingerprint density at radius 2 is 2.11 bits per heavy atom. The standard InChI is InChI=1S/C14H18F3NO/c1-10(7-8-18-12-5-6-12)11-3-2-4-13(9-11)19-14(15,16)17/h2-4,9-10,12,18H,5-8H2,1H3. The van der Waals surface area contributed by atoms with E-state index in [1.807, 2.05) is 13.0 Å². The molecule has 0 aliphatic heterocycles. The molecule has 1 saturated carbocycles. The Hall–Kier alpha value is -1.23. The third-order valence-corrected chi connectivity index (χ3v) is 3.25. The summed E-state index contributed by atoms with van der Waals surface area (Å²) in [4.78, 5) is 0. The molecule has 1 aromatic carbocycles. The molecular formula is C14H18F3NO. The van der Waals surface area contributed by atoms with Crippen LogP contribution >= 0.6 is 0 Å². The Bertz CT molecular complexity index is 415. The molecule has 0 bridgehead atoms. The molecule has 1 fully saturated rings. The molecule has 2 rings (SSSR count). The van der Waals surface area contributed by atoms with E-state index in [4.69, 9.17) is 0 Å². The van der Waals surface area contributed by atoms with Gasteiger partial charge in [-0.15, -0.1) is 13.2 Å². The highest BCUT2D eigenvalue weighted by Gasteiger charge is 2.31. The van der Waals surface area contributed by atoms with Crippen molar-refractivity contribution in [2.75, 3.05) is 6.54 Å². The van der Waals surface area contributed by atoms with Gasteiger partial charge in [0.25, 0.3) is 0 Å².